The van der Waals surface area contributed by atoms with Gasteiger partial charge < -0.3 is 9.80 Å². The number of nitriles is 1. The fourth-order valence-corrected chi connectivity index (χ4v) is 7.71. The molecule has 0 N–H and O–H groups in total. The van der Waals surface area contributed by atoms with E-state index in [1.807, 2.05) is 12.1 Å². The van der Waals surface area contributed by atoms with Crippen LogP contribution < -0.4 is 9.80 Å². The number of rotatable bonds is 5. The van der Waals surface area contributed by atoms with Crippen LogP contribution in [0.4, 0.5) is 11.4 Å². The number of benzene rings is 3. The molecule has 0 amide bonds. The quantitative estimate of drug-likeness (QED) is 0.232. The molecule has 6 rings (SSSR count). The van der Waals surface area contributed by atoms with E-state index in [-0.39, 0.29) is 0 Å². The van der Waals surface area contributed by atoms with Gasteiger partial charge in [0.25, 0.3) is 0 Å². The molecule has 0 saturated heterocycles. The maximum Gasteiger partial charge on any atom is 0.148 e. The molecule has 196 valence electrons. The van der Waals surface area contributed by atoms with Crippen LogP contribution in [0.5, 0.6) is 0 Å². The number of thioether (sulfide) groups is 2. The van der Waals surface area contributed by atoms with E-state index in [2.05, 4.69) is 126 Å². The van der Waals surface area contributed by atoms with Crippen molar-refractivity contribution in [3.05, 3.63) is 130 Å². The second-order valence-electron chi connectivity index (χ2n) is 9.34. The number of aliphatic imine (C=N–C) groups is 1. The summed E-state index contributed by atoms with van der Waals surface area (Å²) in [6.45, 7) is 9.84. The van der Waals surface area contributed by atoms with Crippen LogP contribution in [0.25, 0.3) is 11.1 Å². The maximum atomic E-state index is 10.1. The van der Waals surface area contributed by atoms with Gasteiger partial charge in [0.1, 0.15) is 11.8 Å². The number of hydrogen-bond acceptors (Lipinski definition) is 6. The fourth-order valence-electron chi connectivity index (χ4n) is 5.45. The summed E-state index contributed by atoms with van der Waals surface area (Å²) >= 11 is 3.54. The predicted octanol–water partition coefficient (Wildman–Crippen LogP) is 8.89. The van der Waals surface area contributed by atoms with E-state index in [1.165, 1.54) is 21.2 Å². The lowest BCUT2D eigenvalue weighted by Crippen LogP contribution is -2.16. The Balaban J connectivity index is 1.47. The van der Waals surface area contributed by atoms with Crippen molar-refractivity contribution >= 4 is 52.8 Å². The van der Waals surface area contributed by atoms with Crippen molar-refractivity contribution in [3.63, 3.8) is 0 Å². The van der Waals surface area contributed by atoms with Crippen molar-refractivity contribution in [2.24, 2.45) is 4.99 Å². The Hall–Kier alpha value is -4.18. The molecule has 0 unspecified atom stereocenters. The Kier molecular flexibility index (Phi) is 7.25. The molecule has 0 spiro atoms. The molecular weight excluding hydrogens is 529 g/mol. The van der Waals surface area contributed by atoms with E-state index >= 15 is 0 Å². The minimum atomic E-state index is 0.329. The molecule has 0 aromatic heterocycles. The van der Waals surface area contributed by atoms with Crippen molar-refractivity contribution in [3.8, 4) is 6.07 Å². The van der Waals surface area contributed by atoms with Crippen molar-refractivity contribution in [2.45, 2.75) is 23.6 Å². The molecule has 0 atom stereocenters. The van der Waals surface area contributed by atoms with Gasteiger partial charge in [0, 0.05) is 28.5 Å². The van der Waals surface area contributed by atoms with Gasteiger partial charge in [-0.3, -0.25) is 4.99 Å². The molecule has 4 nitrogen and oxygen atoms in total. The number of para-hydroxylation sites is 2. The van der Waals surface area contributed by atoms with Crippen LogP contribution in [0, 0.1) is 11.3 Å². The summed E-state index contributed by atoms with van der Waals surface area (Å²) in [6, 6.07) is 27.6. The smallest absolute Gasteiger partial charge is 0.148 e. The summed E-state index contributed by atoms with van der Waals surface area (Å²) < 4.78 is 0. The second-order valence-corrected chi connectivity index (χ2v) is 11.5. The summed E-state index contributed by atoms with van der Waals surface area (Å²) in [7, 11) is 0. The van der Waals surface area contributed by atoms with Gasteiger partial charge in [-0.05, 0) is 79.3 Å². The Bertz CT molecular complexity index is 1610. The molecule has 3 aromatic rings. The Morgan fingerprint density at radius 3 is 1.62 bits per heavy atom. The van der Waals surface area contributed by atoms with E-state index in [0.717, 1.165) is 51.0 Å². The van der Waals surface area contributed by atoms with Gasteiger partial charge in [-0.1, -0.05) is 84.2 Å². The summed E-state index contributed by atoms with van der Waals surface area (Å²) in [5.74, 6) is 0. The molecule has 40 heavy (non-hydrogen) atoms. The third-order valence-corrected chi connectivity index (χ3v) is 9.50. The number of allylic oxidation sites excluding steroid dienone is 8. The lowest BCUT2D eigenvalue weighted by molar-refractivity contribution is 1.00. The molecule has 6 heteroatoms. The van der Waals surface area contributed by atoms with E-state index in [9.17, 15) is 5.26 Å². The van der Waals surface area contributed by atoms with E-state index < -0.39 is 0 Å². The zero-order chi connectivity index (χ0) is 27.6. The van der Waals surface area contributed by atoms with Gasteiger partial charge in [0.2, 0.25) is 0 Å². The highest BCUT2D eigenvalue weighted by Crippen LogP contribution is 2.50. The highest BCUT2D eigenvalue weighted by molar-refractivity contribution is 8.04. The number of nitrogens with zero attached hydrogens (tertiary/aromatic N) is 4. The monoisotopic (exact) mass is 556 g/mol. The molecule has 0 bridgehead atoms. The molecule has 3 aliphatic rings. The predicted molar refractivity (Wildman–Crippen MR) is 171 cm³/mol. The zero-order valence-electron chi connectivity index (χ0n) is 22.5. The molecule has 1 aliphatic carbocycles. The summed E-state index contributed by atoms with van der Waals surface area (Å²) in [6.07, 6.45) is 8.62. The van der Waals surface area contributed by atoms with Crippen LogP contribution in [0.2, 0.25) is 0 Å². The standard InChI is InChI=1S/C34H28N4S2/c1-4-37-28-14-8-10-16-30(28)39-32(37)20-18-25-23-12-6-7-13-24(23)26(34(25)27(22-35)36-3)19-21-33-38(5-2)29-15-9-11-17-31(29)40-33/h6-21H,3-5H2,1-2H3/b25-18-,26-19-,32-20+,33-21+. The molecule has 0 radical (unpaired) electrons. The van der Waals surface area contributed by atoms with E-state index in [4.69, 9.17) is 0 Å². The molecule has 3 aromatic carbocycles. The van der Waals surface area contributed by atoms with Crippen molar-refractivity contribution in [2.75, 3.05) is 22.9 Å². The lowest BCUT2D eigenvalue weighted by atomic mass is 10.0. The first-order valence-electron chi connectivity index (χ1n) is 13.3. The van der Waals surface area contributed by atoms with Gasteiger partial charge in [0.15, 0.2) is 0 Å². The fraction of sp³-hybridized carbons (Fsp3) is 0.118. The number of hydrogen-bond donors (Lipinski definition) is 0. The van der Waals surface area contributed by atoms with Crippen LogP contribution in [0.1, 0.15) is 25.0 Å². The first-order valence-corrected chi connectivity index (χ1v) is 15.0. The normalized spacial score (nSPS) is 19.4. The van der Waals surface area contributed by atoms with Gasteiger partial charge in [0.05, 0.1) is 21.4 Å². The molecule has 0 saturated carbocycles. The first-order chi connectivity index (χ1) is 19.7. The lowest BCUT2D eigenvalue weighted by Gasteiger charge is -2.17. The Morgan fingerprint density at radius 2 is 1.20 bits per heavy atom. The number of anilines is 2. The van der Waals surface area contributed by atoms with Crippen LogP contribution in [-0.4, -0.2) is 19.8 Å². The summed E-state index contributed by atoms with van der Waals surface area (Å²) in [4.78, 5) is 11.3. The van der Waals surface area contributed by atoms with Gasteiger partial charge >= 0.3 is 0 Å². The molecule has 2 aliphatic heterocycles. The van der Waals surface area contributed by atoms with Gasteiger partial charge in [-0.2, -0.15) is 5.26 Å². The van der Waals surface area contributed by atoms with Crippen LogP contribution in [0.3, 0.4) is 0 Å². The minimum Gasteiger partial charge on any atom is -0.335 e. The largest absolute Gasteiger partial charge is 0.335 e. The third kappa shape index (κ3) is 4.42. The zero-order valence-corrected chi connectivity index (χ0v) is 24.1. The van der Waals surface area contributed by atoms with E-state index in [0.29, 0.717) is 5.70 Å². The average molecular weight is 557 g/mol. The maximum absolute atomic E-state index is 10.1. The summed E-state index contributed by atoms with van der Waals surface area (Å²) in [5, 5.41) is 12.4. The van der Waals surface area contributed by atoms with Crippen LogP contribution in [-0.2, 0) is 0 Å². The SMILES string of the molecule is C=NC(C#N)=C1/C(=C\C=C2\Sc3ccccc3N2CC)c2ccccc2/C1=C/C=C1/Sc2ccccc2N1CC. The third-order valence-electron chi connectivity index (χ3n) is 7.24. The highest BCUT2D eigenvalue weighted by Gasteiger charge is 2.30. The Labute approximate surface area is 244 Å². The Morgan fingerprint density at radius 1 is 0.750 bits per heavy atom. The first kappa shape index (κ1) is 26.1. The van der Waals surface area contributed by atoms with Gasteiger partial charge in [-0.15, -0.1) is 0 Å². The van der Waals surface area contributed by atoms with Gasteiger partial charge in [-0.25, -0.2) is 0 Å². The second kappa shape index (κ2) is 11.1. The average Bonchev–Trinajstić information content (AvgIpc) is 3.64. The van der Waals surface area contributed by atoms with Crippen LogP contribution in [0.15, 0.2) is 133 Å². The van der Waals surface area contributed by atoms with Crippen molar-refractivity contribution in [1.29, 1.82) is 5.26 Å². The molecule has 0 fully saturated rings. The molecule has 2 heterocycles. The van der Waals surface area contributed by atoms with Crippen LogP contribution >= 0.6 is 23.5 Å². The highest BCUT2D eigenvalue weighted by atomic mass is 32.2. The topological polar surface area (TPSA) is 42.6 Å². The van der Waals surface area contributed by atoms with Crippen molar-refractivity contribution < 1.29 is 0 Å². The summed E-state index contributed by atoms with van der Waals surface area (Å²) in [5.41, 5.74) is 7.76. The molecular formula is C34H28N4S2. The minimum absolute atomic E-state index is 0.329. The van der Waals surface area contributed by atoms with E-state index in [1.54, 1.807) is 23.5 Å². The number of fused-ring (bicyclic) bond motifs is 3. The van der Waals surface area contributed by atoms with Crippen molar-refractivity contribution in [1.82, 2.24) is 0 Å².